The number of aromatic nitrogens is 1. The second-order valence-corrected chi connectivity index (χ2v) is 7.68. The minimum Gasteiger partial charge on any atom is -0.369 e. The summed E-state index contributed by atoms with van der Waals surface area (Å²) in [5.74, 6) is 0.920. The maximum atomic E-state index is 12.8. The highest BCUT2D eigenvalue weighted by Gasteiger charge is 2.23. The smallest absolute Gasteiger partial charge is 0.254 e. The zero-order chi connectivity index (χ0) is 18.4. The van der Waals surface area contributed by atoms with E-state index in [0.29, 0.717) is 6.04 Å². The number of nitrogens with one attached hydrogen (secondary N) is 1. The molecular weight excluding hydrogens is 326 g/mol. The number of hydrogen-bond donors (Lipinski definition) is 1. The highest BCUT2D eigenvalue weighted by Crippen LogP contribution is 2.13. The zero-order valence-corrected chi connectivity index (χ0v) is 16.3. The van der Waals surface area contributed by atoms with Gasteiger partial charge in [0.1, 0.15) is 5.82 Å². The molecule has 1 aromatic rings. The van der Waals surface area contributed by atoms with Crippen molar-refractivity contribution in [1.29, 1.82) is 0 Å². The molecule has 0 unspecified atom stereocenters. The van der Waals surface area contributed by atoms with Crippen LogP contribution in [-0.2, 0) is 0 Å². The molecule has 2 fully saturated rings. The third-order valence-corrected chi connectivity index (χ3v) is 5.52. The summed E-state index contributed by atoms with van der Waals surface area (Å²) in [5, 5.41) is 3.38. The Kier molecular flexibility index (Phi) is 6.86. The van der Waals surface area contributed by atoms with Crippen LogP contribution < -0.4 is 5.32 Å². The quantitative estimate of drug-likeness (QED) is 0.843. The summed E-state index contributed by atoms with van der Waals surface area (Å²) in [6.07, 6.45) is 5.72. The van der Waals surface area contributed by atoms with Crippen molar-refractivity contribution >= 4 is 11.7 Å². The zero-order valence-electron chi connectivity index (χ0n) is 16.3. The van der Waals surface area contributed by atoms with Crippen LogP contribution in [0.5, 0.6) is 0 Å². The molecule has 0 radical (unpaired) electrons. The first-order chi connectivity index (χ1) is 12.6. The summed E-state index contributed by atoms with van der Waals surface area (Å²) in [6, 6.07) is 4.27. The van der Waals surface area contributed by atoms with E-state index < -0.39 is 0 Å². The molecule has 144 valence electrons. The molecule has 2 aliphatic rings. The van der Waals surface area contributed by atoms with E-state index in [2.05, 4.69) is 33.9 Å². The van der Waals surface area contributed by atoms with Gasteiger partial charge < -0.3 is 15.1 Å². The van der Waals surface area contributed by atoms with Crippen molar-refractivity contribution < 1.29 is 4.79 Å². The molecule has 26 heavy (non-hydrogen) atoms. The summed E-state index contributed by atoms with van der Waals surface area (Å²) in [5.41, 5.74) is 0.735. The number of carbonyl (C=O) groups is 1. The first-order valence-electron chi connectivity index (χ1n) is 10.1. The molecule has 1 N–H and O–H groups in total. The second-order valence-electron chi connectivity index (χ2n) is 7.68. The van der Waals surface area contributed by atoms with Gasteiger partial charge in [-0.3, -0.25) is 9.69 Å². The van der Waals surface area contributed by atoms with Crippen molar-refractivity contribution in [1.82, 2.24) is 19.7 Å². The average molecular weight is 360 g/mol. The van der Waals surface area contributed by atoms with Gasteiger partial charge in [0, 0.05) is 57.1 Å². The standard InChI is InChI=1S/C20H33N5O/c1-17(2)24-12-14-25(15-13-24)20(26)18-6-7-21-19(16-18)22-8-11-23-9-4-3-5-10-23/h6-7,16-17H,3-5,8-15H2,1-2H3,(H,21,22). The van der Waals surface area contributed by atoms with Crippen molar-refractivity contribution in [2.45, 2.75) is 39.2 Å². The third kappa shape index (κ3) is 5.17. The van der Waals surface area contributed by atoms with Gasteiger partial charge in [0.15, 0.2) is 0 Å². The van der Waals surface area contributed by atoms with Gasteiger partial charge in [-0.05, 0) is 51.9 Å². The van der Waals surface area contributed by atoms with E-state index in [0.717, 1.165) is 50.6 Å². The van der Waals surface area contributed by atoms with Gasteiger partial charge in [-0.1, -0.05) is 6.42 Å². The molecule has 1 amide bonds. The Morgan fingerprint density at radius 2 is 1.85 bits per heavy atom. The maximum Gasteiger partial charge on any atom is 0.254 e. The third-order valence-electron chi connectivity index (χ3n) is 5.52. The van der Waals surface area contributed by atoms with E-state index in [9.17, 15) is 4.79 Å². The van der Waals surface area contributed by atoms with Crippen LogP contribution in [-0.4, -0.2) is 84.0 Å². The summed E-state index contributed by atoms with van der Waals surface area (Å²) in [4.78, 5) is 24.1. The number of pyridine rings is 1. The van der Waals surface area contributed by atoms with Crippen LogP contribution in [0.4, 0.5) is 5.82 Å². The number of rotatable bonds is 6. The molecule has 1 aromatic heterocycles. The molecule has 3 heterocycles. The van der Waals surface area contributed by atoms with Crippen LogP contribution in [0, 0.1) is 0 Å². The summed E-state index contributed by atoms with van der Waals surface area (Å²) < 4.78 is 0. The van der Waals surface area contributed by atoms with E-state index in [-0.39, 0.29) is 5.91 Å². The minimum atomic E-state index is 0.120. The Morgan fingerprint density at radius 3 is 2.54 bits per heavy atom. The lowest BCUT2D eigenvalue weighted by Crippen LogP contribution is -2.50. The van der Waals surface area contributed by atoms with Crippen LogP contribution in [0.15, 0.2) is 18.3 Å². The monoisotopic (exact) mass is 359 g/mol. The number of piperidine rings is 1. The Bertz CT molecular complexity index is 577. The van der Waals surface area contributed by atoms with E-state index in [1.54, 1.807) is 6.20 Å². The molecule has 2 saturated heterocycles. The van der Waals surface area contributed by atoms with E-state index >= 15 is 0 Å². The van der Waals surface area contributed by atoms with Gasteiger partial charge in [-0.15, -0.1) is 0 Å². The molecule has 0 bridgehead atoms. The lowest BCUT2D eigenvalue weighted by Gasteiger charge is -2.37. The van der Waals surface area contributed by atoms with Crippen LogP contribution in [0.2, 0.25) is 0 Å². The molecule has 2 aliphatic heterocycles. The first-order valence-corrected chi connectivity index (χ1v) is 10.1. The van der Waals surface area contributed by atoms with Crippen LogP contribution in [0.1, 0.15) is 43.5 Å². The number of likely N-dealkylation sites (tertiary alicyclic amines) is 1. The van der Waals surface area contributed by atoms with Crippen molar-refractivity contribution in [3.05, 3.63) is 23.9 Å². The summed E-state index contributed by atoms with van der Waals surface area (Å²) >= 11 is 0. The summed E-state index contributed by atoms with van der Waals surface area (Å²) in [6.45, 7) is 12.3. The van der Waals surface area contributed by atoms with Crippen molar-refractivity contribution in [3.63, 3.8) is 0 Å². The van der Waals surface area contributed by atoms with Crippen molar-refractivity contribution in [2.24, 2.45) is 0 Å². The predicted molar refractivity (Wildman–Crippen MR) is 106 cm³/mol. The number of nitrogens with zero attached hydrogens (tertiary/aromatic N) is 4. The molecule has 0 spiro atoms. The highest BCUT2D eigenvalue weighted by atomic mass is 16.2. The lowest BCUT2D eigenvalue weighted by molar-refractivity contribution is 0.0595. The van der Waals surface area contributed by atoms with E-state index in [4.69, 9.17) is 0 Å². The number of hydrogen-bond acceptors (Lipinski definition) is 5. The van der Waals surface area contributed by atoms with E-state index in [1.807, 2.05) is 17.0 Å². The van der Waals surface area contributed by atoms with Gasteiger partial charge in [0.25, 0.3) is 5.91 Å². The Morgan fingerprint density at radius 1 is 1.12 bits per heavy atom. The SMILES string of the molecule is CC(C)N1CCN(C(=O)c2ccnc(NCCN3CCCCC3)c2)CC1. The first kappa shape index (κ1) is 19.1. The van der Waals surface area contributed by atoms with Crippen molar-refractivity contribution in [3.8, 4) is 0 Å². The lowest BCUT2D eigenvalue weighted by atomic mass is 10.1. The fourth-order valence-electron chi connectivity index (χ4n) is 3.81. The number of piperazine rings is 1. The number of amides is 1. The minimum absolute atomic E-state index is 0.120. The molecule has 6 heteroatoms. The van der Waals surface area contributed by atoms with Gasteiger partial charge in [-0.25, -0.2) is 4.98 Å². The molecule has 0 atom stereocenters. The average Bonchev–Trinajstić information content (AvgIpc) is 2.68. The van der Waals surface area contributed by atoms with Gasteiger partial charge in [-0.2, -0.15) is 0 Å². The van der Waals surface area contributed by atoms with Gasteiger partial charge in [0.05, 0.1) is 0 Å². The van der Waals surface area contributed by atoms with Crippen LogP contribution in [0.25, 0.3) is 0 Å². The fraction of sp³-hybridized carbons (Fsp3) is 0.700. The van der Waals surface area contributed by atoms with Crippen molar-refractivity contribution in [2.75, 3.05) is 57.7 Å². The molecule has 6 nitrogen and oxygen atoms in total. The Hall–Kier alpha value is -1.66. The Balaban J connectivity index is 1.49. The highest BCUT2D eigenvalue weighted by molar-refractivity contribution is 5.94. The molecule has 3 rings (SSSR count). The normalized spacial score (nSPS) is 19.7. The maximum absolute atomic E-state index is 12.8. The largest absolute Gasteiger partial charge is 0.369 e. The van der Waals surface area contributed by atoms with E-state index in [1.165, 1.54) is 32.4 Å². The van der Waals surface area contributed by atoms with Gasteiger partial charge >= 0.3 is 0 Å². The predicted octanol–water partition coefficient (Wildman–Crippen LogP) is 2.15. The van der Waals surface area contributed by atoms with Crippen LogP contribution >= 0.6 is 0 Å². The molecule has 0 saturated carbocycles. The second kappa shape index (κ2) is 9.33. The Labute approximate surface area is 157 Å². The molecule has 0 aromatic carbocycles. The summed E-state index contributed by atoms with van der Waals surface area (Å²) in [7, 11) is 0. The molecular formula is C20H33N5O. The fourth-order valence-corrected chi connectivity index (χ4v) is 3.81. The number of carbonyl (C=O) groups excluding carboxylic acids is 1. The number of anilines is 1. The van der Waals surface area contributed by atoms with Crippen LogP contribution in [0.3, 0.4) is 0 Å². The molecule has 0 aliphatic carbocycles. The van der Waals surface area contributed by atoms with Gasteiger partial charge in [0.2, 0.25) is 0 Å². The topological polar surface area (TPSA) is 51.7 Å².